The van der Waals surface area contributed by atoms with Crippen LogP contribution in [0.25, 0.3) is 10.8 Å². The van der Waals surface area contributed by atoms with E-state index in [2.05, 4.69) is 44.0 Å². The molecule has 0 saturated carbocycles. The van der Waals surface area contributed by atoms with Crippen LogP contribution in [0, 0.1) is 0 Å². The van der Waals surface area contributed by atoms with E-state index in [4.69, 9.17) is 5.73 Å². The molecule has 2 nitrogen and oxygen atoms in total. The smallest absolute Gasteiger partial charge is 0.0346 e. The zero-order valence-electron chi connectivity index (χ0n) is 10.1. The van der Waals surface area contributed by atoms with Crippen molar-refractivity contribution in [1.29, 1.82) is 0 Å². The molecule has 2 heteroatoms. The van der Waals surface area contributed by atoms with E-state index >= 15 is 0 Å². The Morgan fingerprint density at radius 3 is 2.56 bits per heavy atom. The molecule has 0 fully saturated rings. The normalized spacial score (nSPS) is 12.0. The molecule has 0 radical (unpaired) electrons. The first kappa shape index (κ1) is 11.1. The molecule has 2 aromatic rings. The molecule has 0 unspecified atom stereocenters. The molecule has 0 bridgehead atoms. The number of nitrogens with zero attached hydrogens (tertiary/aromatic N) is 1. The molecule has 0 saturated heterocycles. The second-order valence-electron chi connectivity index (χ2n) is 5.20. The lowest BCUT2D eigenvalue weighted by molar-refractivity contribution is 0.593. The summed E-state index contributed by atoms with van der Waals surface area (Å²) >= 11 is 0. The number of nitrogens with two attached hydrogens (primary N) is 1. The van der Waals surface area contributed by atoms with Crippen LogP contribution in [0.2, 0.25) is 0 Å². The fourth-order valence-corrected chi connectivity index (χ4v) is 1.95. The van der Waals surface area contributed by atoms with E-state index in [1.54, 1.807) is 0 Å². The molecule has 0 aliphatic rings. The highest BCUT2D eigenvalue weighted by Gasteiger charge is 2.16. The maximum absolute atomic E-state index is 5.64. The molecule has 0 spiro atoms. The quantitative estimate of drug-likeness (QED) is 0.792. The van der Waals surface area contributed by atoms with Crippen molar-refractivity contribution in [3.05, 3.63) is 41.7 Å². The first-order valence-electron chi connectivity index (χ1n) is 5.59. The van der Waals surface area contributed by atoms with Crippen LogP contribution in [0.1, 0.15) is 31.9 Å². The maximum Gasteiger partial charge on any atom is 0.0346 e. The highest BCUT2D eigenvalue weighted by atomic mass is 14.6. The molecule has 1 aromatic carbocycles. The molecule has 16 heavy (non-hydrogen) atoms. The van der Waals surface area contributed by atoms with Gasteiger partial charge in [-0.1, -0.05) is 32.9 Å². The number of hydrogen-bond acceptors (Lipinski definition) is 2. The largest absolute Gasteiger partial charge is 0.326 e. The lowest BCUT2D eigenvalue weighted by Crippen LogP contribution is -2.12. The third-order valence-electron chi connectivity index (χ3n) is 2.87. The molecule has 0 amide bonds. The molecular formula is C14H18N2. The molecule has 0 aliphatic heterocycles. The third-order valence-corrected chi connectivity index (χ3v) is 2.87. The van der Waals surface area contributed by atoms with Crippen molar-refractivity contribution in [2.24, 2.45) is 5.73 Å². The summed E-state index contributed by atoms with van der Waals surface area (Å²) in [5.74, 6) is 0. The van der Waals surface area contributed by atoms with Crippen molar-refractivity contribution in [1.82, 2.24) is 4.98 Å². The summed E-state index contributed by atoms with van der Waals surface area (Å²) in [6, 6.07) is 6.37. The van der Waals surface area contributed by atoms with Crippen molar-refractivity contribution in [2.75, 3.05) is 0 Å². The van der Waals surface area contributed by atoms with Gasteiger partial charge in [-0.3, -0.25) is 4.98 Å². The number of benzene rings is 1. The second-order valence-corrected chi connectivity index (χ2v) is 5.20. The van der Waals surface area contributed by atoms with E-state index in [9.17, 15) is 0 Å². The Morgan fingerprint density at radius 1 is 1.19 bits per heavy atom. The molecule has 2 rings (SSSR count). The van der Waals surface area contributed by atoms with Crippen LogP contribution in [0.4, 0.5) is 0 Å². The van der Waals surface area contributed by atoms with E-state index in [0.29, 0.717) is 6.54 Å². The molecule has 0 atom stereocenters. The van der Waals surface area contributed by atoms with Gasteiger partial charge in [-0.25, -0.2) is 0 Å². The van der Waals surface area contributed by atoms with Gasteiger partial charge in [0.05, 0.1) is 0 Å². The summed E-state index contributed by atoms with van der Waals surface area (Å²) in [5, 5.41) is 2.45. The zero-order valence-corrected chi connectivity index (χ0v) is 10.1. The summed E-state index contributed by atoms with van der Waals surface area (Å²) in [7, 11) is 0. The van der Waals surface area contributed by atoms with E-state index in [1.807, 2.05) is 12.4 Å². The Balaban J connectivity index is 2.70. The highest BCUT2D eigenvalue weighted by Crippen LogP contribution is 2.29. The van der Waals surface area contributed by atoms with Gasteiger partial charge in [-0.2, -0.15) is 0 Å². The minimum atomic E-state index is 0.122. The van der Waals surface area contributed by atoms with Crippen LogP contribution in [-0.2, 0) is 12.0 Å². The molecular weight excluding hydrogens is 196 g/mol. The van der Waals surface area contributed by atoms with E-state index in [0.717, 1.165) is 5.56 Å². The first-order chi connectivity index (χ1) is 7.52. The zero-order chi connectivity index (χ0) is 11.8. The second kappa shape index (κ2) is 3.87. The Labute approximate surface area is 96.5 Å². The van der Waals surface area contributed by atoms with Crippen molar-refractivity contribution in [2.45, 2.75) is 32.7 Å². The van der Waals surface area contributed by atoms with Gasteiger partial charge in [-0.05, 0) is 28.0 Å². The Bertz CT molecular complexity index is 510. The minimum Gasteiger partial charge on any atom is -0.326 e. The molecule has 1 heterocycles. The average Bonchev–Trinajstić information content (AvgIpc) is 2.26. The molecule has 0 aliphatic carbocycles. The van der Waals surface area contributed by atoms with Gasteiger partial charge >= 0.3 is 0 Å². The van der Waals surface area contributed by atoms with Gasteiger partial charge in [0.25, 0.3) is 0 Å². The van der Waals surface area contributed by atoms with Gasteiger partial charge in [0.15, 0.2) is 0 Å². The van der Waals surface area contributed by atoms with Crippen LogP contribution in [0.15, 0.2) is 30.6 Å². The predicted octanol–water partition coefficient (Wildman–Crippen LogP) is 2.99. The molecule has 84 valence electrons. The fourth-order valence-electron chi connectivity index (χ4n) is 1.95. The summed E-state index contributed by atoms with van der Waals surface area (Å²) in [4.78, 5) is 4.31. The van der Waals surface area contributed by atoms with Crippen molar-refractivity contribution in [3.63, 3.8) is 0 Å². The minimum absolute atomic E-state index is 0.122. The highest BCUT2D eigenvalue weighted by molar-refractivity contribution is 5.86. The van der Waals surface area contributed by atoms with Crippen LogP contribution < -0.4 is 5.73 Å². The number of hydrogen-bond donors (Lipinski definition) is 1. The summed E-state index contributed by atoms with van der Waals surface area (Å²) in [6.07, 6.45) is 3.87. The number of pyridine rings is 1. The van der Waals surface area contributed by atoms with Gasteiger partial charge in [0.1, 0.15) is 0 Å². The van der Waals surface area contributed by atoms with Gasteiger partial charge in [-0.15, -0.1) is 0 Å². The number of rotatable bonds is 1. The predicted molar refractivity (Wildman–Crippen MR) is 68.3 cm³/mol. The van der Waals surface area contributed by atoms with Crippen molar-refractivity contribution < 1.29 is 0 Å². The first-order valence-corrected chi connectivity index (χ1v) is 5.59. The van der Waals surface area contributed by atoms with E-state index in [1.165, 1.54) is 16.3 Å². The van der Waals surface area contributed by atoms with Crippen molar-refractivity contribution in [3.8, 4) is 0 Å². The van der Waals surface area contributed by atoms with Gasteiger partial charge in [0.2, 0.25) is 0 Å². The van der Waals surface area contributed by atoms with Crippen molar-refractivity contribution >= 4 is 10.8 Å². The molecule has 2 N–H and O–H groups in total. The summed E-state index contributed by atoms with van der Waals surface area (Å²) < 4.78 is 0. The van der Waals surface area contributed by atoms with Gasteiger partial charge in [0, 0.05) is 24.3 Å². The van der Waals surface area contributed by atoms with Crippen LogP contribution in [0.3, 0.4) is 0 Å². The molecule has 1 aromatic heterocycles. The van der Waals surface area contributed by atoms with Crippen LogP contribution in [-0.4, -0.2) is 4.98 Å². The standard InChI is InChI=1S/C14H18N2/c1-14(2,3)13-9-16-8-11-6-10(7-15)4-5-12(11)13/h4-6,8-9H,7,15H2,1-3H3. The SMILES string of the molecule is CC(C)(C)c1cncc2cc(CN)ccc12. The monoisotopic (exact) mass is 214 g/mol. The van der Waals surface area contributed by atoms with Crippen LogP contribution in [0.5, 0.6) is 0 Å². The maximum atomic E-state index is 5.64. The van der Waals surface area contributed by atoms with E-state index in [-0.39, 0.29) is 5.41 Å². The topological polar surface area (TPSA) is 38.9 Å². The Kier molecular flexibility index (Phi) is 2.68. The summed E-state index contributed by atoms with van der Waals surface area (Å²) in [5.41, 5.74) is 8.20. The van der Waals surface area contributed by atoms with Crippen LogP contribution >= 0.6 is 0 Å². The third kappa shape index (κ3) is 1.93. The average molecular weight is 214 g/mol. The number of fused-ring (bicyclic) bond motifs is 1. The van der Waals surface area contributed by atoms with E-state index < -0.39 is 0 Å². The summed E-state index contributed by atoms with van der Waals surface area (Å²) in [6.45, 7) is 7.20. The lowest BCUT2D eigenvalue weighted by Gasteiger charge is -2.20. The Hall–Kier alpha value is -1.41. The fraction of sp³-hybridized carbons (Fsp3) is 0.357. The lowest BCUT2D eigenvalue weighted by atomic mass is 9.85. The Morgan fingerprint density at radius 2 is 1.94 bits per heavy atom. The van der Waals surface area contributed by atoms with Gasteiger partial charge < -0.3 is 5.73 Å². The number of aromatic nitrogens is 1.